The Morgan fingerprint density at radius 3 is 2.62 bits per heavy atom. The van der Waals surface area contributed by atoms with Crippen molar-refractivity contribution >= 4 is 17.7 Å². The summed E-state index contributed by atoms with van der Waals surface area (Å²) in [6, 6.07) is 3.90. The molecule has 154 valence electrons. The molecule has 8 nitrogen and oxygen atoms in total. The van der Waals surface area contributed by atoms with Gasteiger partial charge in [-0.05, 0) is 31.7 Å². The average Bonchev–Trinajstić information content (AvgIpc) is 3.49. The van der Waals surface area contributed by atoms with E-state index in [9.17, 15) is 4.79 Å². The van der Waals surface area contributed by atoms with Crippen molar-refractivity contribution in [3.05, 3.63) is 24.2 Å². The largest absolute Gasteiger partial charge is 0.481 e. The first-order valence-corrected chi connectivity index (χ1v) is 10.7. The van der Waals surface area contributed by atoms with E-state index in [-0.39, 0.29) is 11.6 Å². The number of rotatable bonds is 4. The van der Waals surface area contributed by atoms with Crippen molar-refractivity contribution < 1.29 is 14.1 Å². The predicted molar refractivity (Wildman–Crippen MR) is 107 cm³/mol. The van der Waals surface area contributed by atoms with Crippen LogP contribution in [0, 0.1) is 0 Å². The summed E-state index contributed by atoms with van der Waals surface area (Å²) in [5.41, 5.74) is 0.466. The van der Waals surface area contributed by atoms with Crippen molar-refractivity contribution in [1.82, 2.24) is 15.1 Å². The quantitative estimate of drug-likeness (QED) is 0.765. The van der Waals surface area contributed by atoms with Gasteiger partial charge in [-0.3, -0.25) is 4.90 Å². The molecule has 2 aliphatic carbocycles. The van der Waals surface area contributed by atoms with Crippen molar-refractivity contribution in [2.75, 3.05) is 23.5 Å². The van der Waals surface area contributed by atoms with Crippen molar-refractivity contribution in [3.8, 4) is 5.88 Å². The van der Waals surface area contributed by atoms with Crippen molar-refractivity contribution in [2.45, 2.75) is 69.2 Å². The standard InChI is InChI=1S/C21H27N5O3/c1-28-17-10-9-16(13-22-17)25-14-21(11-5-2-6-12-21)26(20(25)27)19-23-18(24-29-19)15-7-3-4-8-15/h9-10,13,15H,2-8,11-12,14H2,1H3. The summed E-state index contributed by atoms with van der Waals surface area (Å²) in [5, 5.41) is 4.25. The van der Waals surface area contributed by atoms with Gasteiger partial charge in [0, 0.05) is 12.0 Å². The van der Waals surface area contributed by atoms with Gasteiger partial charge in [-0.25, -0.2) is 14.7 Å². The number of carbonyl (C=O) groups excluding carboxylic acids is 1. The van der Waals surface area contributed by atoms with Gasteiger partial charge >= 0.3 is 12.0 Å². The molecule has 8 heteroatoms. The molecule has 0 N–H and O–H groups in total. The summed E-state index contributed by atoms with van der Waals surface area (Å²) in [6.07, 6.45) is 11.6. The Labute approximate surface area is 170 Å². The number of amides is 2. The lowest BCUT2D eigenvalue weighted by Gasteiger charge is -2.37. The molecule has 3 fully saturated rings. The molecule has 0 bridgehead atoms. The number of carbonyl (C=O) groups is 1. The molecule has 29 heavy (non-hydrogen) atoms. The average molecular weight is 397 g/mol. The van der Waals surface area contributed by atoms with Crippen LogP contribution >= 0.6 is 0 Å². The topological polar surface area (TPSA) is 84.6 Å². The fourth-order valence-corrected chi connectivity index (χ4v) is 5.15. The van der Waals surface area contributed by atoms with E-state index in [4.69, 9.17) is 14.2 Å². The van der Waals surface area contributed by atoms with Gasteiger partial charge in [0.1, 0.15) is 0 Å². The van der Waals surface area contributed by atoms with Crippen LogP contribution in [0.15, 0.2) is 22.9 Å². The predicted octanol–water partition coefficient (Wildman–Crippen LogP) is 4.28. The lowest BCUT2D eigenvalue weighted by atomic mass is 9.81. The van der Waals surface area contributed by atoms with Gasteiger partial charge in [0.05, 0.1) is 31.1 Å². The molecule has 0 unspecified atom stereocenters. The monoisotopic (exact) mass is 397 g/mol. The van der Waals surface area contributed by atoms with Gasteiger partial charge in [0.2, 0.25) is 5.88 Å². The number of ether oxygens (including phenoxy) is 1. The number of aromatic nitrogens is 3. The van der Waals surface area contributed by atoms with Crippen LogP contribution in [-0.2, 0) is 0 Å². The van der Waals surface area contributed by atoms with Crippen LogP contribution in [0.2, 0.25) is 0 Å². The van der Waals surface area contributed by atoms with Gasteiger partial charge in [0.25, 0.3) is 0 Å². The summed E-state index contributed by atoms with van der Waals surface area (Å²) in [6.45, 7) is 0.612. The third kappa shape index (κ3) is 3.14. The Balaban J connectivity index is 1.48. The third-order valence-electron chi connectivity index (χ3n) is 6.72. The number of nitrogens with zero attached hydrogens (tertiary/aromatic N) is 5. The van der Waals surface area contributed by atoms with E-state index >= 15 is 0 Å². The molecule has 2 amide bonds. The van der Waals surface area contributed by atoms with Crippen LogP contribution in [0.4, 0.5) is 16.5 Å². The molecule has 1 spiro atoms. The van der Waals surface area contributed by atoms with E-state index in [0.29, 0.717) is 24.4 Å². The maximum absolute atomic E-state index is 13.5. The SMILES string of the molecule is COc1ccc(N2CC3(CCCCC3)N(c3nc(C4CCCC4)no3)C2=O)cn1. The molecule has 3 heterocycles. The maximum Gasteiger partial charge on any atom is 0.333 e. The third-order valence-corrected chi connectivity index (χ3v) is 6.72. The molecule has 5 rings (SSSR count). The van der Waals surface area contributed by atoms with E-state index in [1.165, 1.54) is 19.3 Å². The molecule has 0 radical (unpaired) electrons. The highest BCUT2D eigenvalue weighted by molar-refractivity contribution is 6.06. The molecule has 2 aromatic heterocycles. The van der Waals surface area contributed by atoms with E-state index in [0.717, 1.165) is 50.0 Å². The molecule has 0 aromatic carbocycles. The highest BCUT2D eigenvalue weighted by atomic mass is 16.5. The van der Waals surface area contributed by atoms with E-state index < -0.39 is 0 Å². The second-order valence-electron chi connectivity index (χ2n) is 8.46. The summed E-state index contributed by atoms with van der Waals surface area (Å²) < 4.78 is 10.8. The van der Waals surface area contributed by atoms with Crippen LogP contribution in [0.1, 0.15) is 69.5 Å². The van der Waals surface area contributed by atoms with Crippen LogP contribution < -0.4 is 14.5 Å². The number of hydrogen-bond donors (Lipinski definition) is 0. The van der Waals surface area contributed by atoms with Gasteiger partial charge < -0.3 is 9.26 Å². The second-order valence-corrected chi connectivity index (χ2v) is 8.46. The number of methoxy groups -OCH3 is 1. The van der Waals surface area contributed by atoms with Gasteiger partial charge in [-0.1, -0.05) is 37.3 Å². The Morgan fingerprint density at radius 1 is 1.14 bits per heavy atom. The zero-order valence-corrected chi connectivity index (χ0v) is 16.8. The van der Waals surface area contributed by atoms with Crippen molar-refractivity contribution in [3.63, 3.8) is 0 Å². The second kappa shape index (κ2) is 7.31. The Morgan fingerprint density at radius 2 is 1.93 bits per heavy atom. The van der Waals surface area contributed by atoms with E-state index in [1.54, 1.807) is 29.2 Å². The van der Waals surface area contributed by atoms with E-state index in [2.05, 4.69) is 10.1 Å². The summed E-state index contributed by atoms with van der Waals surface area (Å²) in [4.78, 5) is 26.1. The highest BCUT2D eigenvalue weighted by Crippen LogP contribution is 2.44. The first kappa shape index (κ1) is 18.4. The molecular formula is C21H27N5O3. The number of hydrogen-bond acceptors (Lipinski definition) is 6. The Hall–Kier alpha value is -2.64. The molecule has 2 saturated carbocycles. The normalized spacial score (nSPS) is 22.0. The maximum atomic E-state index is 13.5. The molecule has 2 aromatic rings. The number of anilines is 2. The van der Waals surface area contributed by atoms with Crippen LogP contribution in [0.5, 0.6) is 5.88 Å². The summed E-state index contributed by atoms with van der Waals surface area (Å²) in [5.74, 6) is 1.64. The molecular weight excluding hydrogens is 370 g/mol. The molecule has 0 atom stereocenters. The lowest BCUT2D eigenvalue weighted by Crippen LogP contribution is -2.49. The zero-order chi connectivity index (χ0) is 19.8. The smallest absolute Gasteiger partial charge is 0.333 e. The van der Waals surface area contributed by atoms with Crippen LogP contribution in [-0.4, -0.2) is 40.3 Å². The van der Waals surface area contributed by atoms with Gasteiger partial charge in [0.15, 0.2) is 5.82 Å². The molecule has 3 aliphatic rings. The summed E-state index contributed by atoms with van der Waals surface area (Å²) >= 11 is 0. The minimum Gasteiger partial charge on any atom is -0.481 e. The fourth-order valence-electron chi connectivity index (χ4n) is 5.15. The first-order valence-electron chi connectivity index (χ1n) is 10.7. The lowest BCUT2D eigenvalue weighted by molar-refractivity contribution is 0.244. The molecule has 1 saturated heterocycles. The minimum atomic E-state index is -0.297. The molecule has 1 aliphatic heterocycles. The van der Waals surface area contributed by atoms with Gasteiger partial charge in [-0.15, -0.1) is 0 Å². The Kier molecular flexibility index (Phi) is 4.64. The Bertz CT molecular complexity index is 869. The van der Waals surface area contributed by atoms with Crippen molar-refractivity contribution in [1.29, 1.82) is 0 Å². The number of urea groups is 1. The first-order chi connectivity index (χ1) is 14.2. The highest BCUT2D eigenvalue weighted by Gasteiger charge is 2.53. The number of pyridine rings is 1. The minimum absolute atomic E-state index is 0.111. The zero-order valence-electron chi connectivity index (χ0n) is 16.8. The summed E-state index contributed by atoms with van der Waals surface area (Å²) in [7, 11) is 1.58. The van der Waals surface area contributed by atoms with Gasteiger partial charge in [-0.2, -0.15) is 4.98 Å². The van der Waals surface area contributed by atoms with E-state index in [1.807, 2.05) is 6.07 Å². The fraction of sp³-hybridized carbons (Fsp3) is 0.619. The van der Waals surface area contributed by atoms with Crippen LogP contribution in [0.25, 0.3) is 0 Å². The van der Waals surface area contributed by atoms with Crippen molar-refractivity contribution in [2.24, 2.45) is 0 Å². The van der Waals surface area contributed by atoms with Crippen LogP contribution in [0.3, 0.4) is 0 Å².